The summed E-state index contributed by atoms with van der Waals surface area (Å²) in [5, 5.41) is 4.44. The first-order chi connectivity index (χ1) is 14.1. The van der Waals surface area contributed by atoms with Crippen LogP contribution in [0.1, 0.15) is 35.2 Å². The quantitative estimate of drug-likeness (QED) is 0.666. The molecule has 1 aliphatic rings. The van der Waals surface area contributed by atoms with Gasteiger partial charge in [0, 0.05) is 12.7 Å². The number of amides is 1. The molecule has 0 fully saturated rings. The first-order valence-electron chi connectivity index (χ1n) is 9.54. The molecule has 0 radical (unpaired) electrons. The molecule has 2 atom stereocenters. The van der Waals surface area contributed by atoms with Gasteiger partial charge in [0.05, 0.1) is 19.2 Å². The third-order valence-corrected chi connectivity index (χ3v) is 5.32. The summed E-state index contributed by atoms with van der Waals surface area (Å²) in [5.74, 6) is 1.16. The average molecular weight is 392 g/mol. The number of anilines is 1. The van der Waals surface area contributed by atoms with Gasteiger partial charge in [0.15, 0.2) is 0 Å². The fourth-order valence-corrected chi connectivity index (χ4v) is 3.94. The Morgan fingerprint density at radius 2 is 1.86 bits per heavy atom. The van der Waals surface area contributed by atoms with Gasteiger partial charge in [0.1, 0.15) is 18.7 Å². The summed E-state index contributed by atoms with van der Waals surface area (Å²) in [6.07, 6.45) is 2.14. The maximum Gasteiger partial charge on any atom is 0.255 e. The van der Waals surface area contributed by atoms with Gasteiger partial charge in [-0.1, -0.05) is 48.0 Å². The highest BCUT2D eigenvalue weighted by atomic mass is 16.5. The topological polar surface area (TPSA) is 69.5 Å². The number of rotatable bonds is 5. The molecule has 29 heavy (non-hydrogen) atoms. The lowest BCUT2D eigenvalue weighted by molar-refractivity contribution is -0.123. The number of ether oxygens (including phenoxy) is 2. The number of para-hydroxylation sites is 1. The van der Waals surface area contributed by atoms with Crippen molar-refractivity contribution in [3.8, 4) is 5.75 Å². The molecule has 0 N–H and O–H groups in total. The van der Waals surface area contributed by atoms with Crippen LogP contribution < -0.4 is 9.64 Å². The number of aryl methyl sites for hydroxylation is 1. The Labute approximate surface area is 169 Å². The van der Waals surface area contributed by atoms with E-state index in [1.807, 2.05) is 31.2 Å². The number of carbonyl (C=O) groups is 1. The van der Waals surface area contributed by atoms with Crippen LogP contribution in [-0.4, -0.2) is 41.5 Å². The molecule has 0 saturated heterocycles. The van der Waals surface area contributed by atoms with Crippen molar-refractivity contribution < 1.29 is 14.3 Å². The minimum atomic E-state index is -0.190. The number of fused-ring (bicyclic) bond motifs is 1. The summed E-state index contributed by atoms with van der Waals surface area (Å²) in [5.41, 5.74) is 3.23. The molecular weight excluding hydrogens is 368 g/mol. The van der Waals surface area contributed by atoms with Crippen molar-refractivity contribution in [3.63, 3.8) is 0 Å². The first kappa shape index (κ1) is 19.1. The lowest BCUT2D eigenvalue weighted by Crippen LogP contribution is -2.44. The summed E-state index contributed by atoms with van der Waals surface area (Å²) in [7, 11) is 3.18. The predicted octanol–water partition coefficient (Wildman–Crippen LogP) is 3.31. The molecule has 1 amide bonds. The van der Waals surface area contributed by atoms with Crippen molar-refractivity contribution in [2.75, 3.05) is 25.7 Å². The van der Waals surface area contributed by atoms with Crippen LogP contribution in [0.2, 0.25) is 0 Å². The van der Waals surface area contributed by atoms with Gasteiger partial charge in [-0.25, -0.2) is 4.68 Å². The zero-order valence-corrected chi connectivity index (χ0v) is 16.8. The highest BCUT2D eigenvalue weighted by Gasteiger charge is 2.40. The number of benzene rings is 2. The molecule has 0 aliphatic carbocycles. The average Bonchev–Trinajstić information content (AvgIpc) is 3.23. The van der Waals surface area contributed by atoms with E-state index in [1.165, 1.54) is 19.0 Å². The Bertz CT molecular complexity index is 999. The van der Waals surface area contributed by atoms with Crippen molar-refractivity contribution in [2.45, 2.75) is 25.4 Å². The summed E-state index contributed by atoms with van der Waals surface area (Å²) < 4.78 is 12.5. The smallest absolute Gasteiger partial charge is 0.255 e. The summed E-state index contributed by atoms with van der Waals surface area (Å²) in [4.78, 5) is 19.1. The minimum absolute atomic E-state index is 0.0193. The van der Waals surface area contributed by atoms with E-state index in [-0.39, 0.29) is 24.6 Å². The number of hydrogen-bond donors (Lipinski definition) is 0. The molecule has 7 nitrogen and oxygen atoms in total. The third-order valence-electron chi connectivity index (χ3n) is 5.32. The van der Waals surface area contributed by atoms with E-state index in [9.17, 15) is 4.79 Å². The van der Waals surface area contributed by atoms with Gasteiger partial charge in [-0.3, -0.25) is 9.69 Å². The van der Waals surface area contributed by atoms with Gasteiger partial charge in [0.25, 0.3) is 5.91 Å². The Hall–Kier alpha value is -3.19. The molecule has 0 spiro atoms. The van der Waals surface area contributed by atoms with E-state index >= 15 is 0 Å². The van der Waals surface area contributed by atoms with Crippen LogP contribution in [0.3, 0.4) is 0 Å². The number of methoxy groups -OCH3 is 2. The maximum absolute atomic E-state index is 13.0. The van der Waals surface area contributed by atoms with Crippen LogP contribution in [0.25, 0.3) is 0 Å². The zero-order valence-electron chi connectivity index (χ0n) is 16.8. The van der Waals surface area contributed by atoms with Crippen molar-refractivity contribution in [3.05, 3.63) is 71.5 Å². The van der Waals surface area contributed by atoms with Crippen molar-refractivity contribution in [2.24, 2.45) is 0 Å². The van der Waals surface area contributed by atoms with Crippen LogP contribution in [-0.2, 0) is 9.53 Å². The normalized spacial score (nSPS) is 18.4. The highest BCUT2D eigenvalue weighted by molar-refractivity contribution is 5.93. The Morgan fingerprint density at radius 3 is 2.59 bits per heavy atom. The lowest BCUT2D eigenvalue weighted by atomic mass is 9.91. The summed E-state index contributed by atoms with van der Waals surface area (Å²) in [6, 6.07) is 15.9. The molecule has 2 heterocycles. The molecule has 0 saturated carbocycles. The molecule has 150 valence electrons. The molecule has 2 aromatic carbocycles. The largest absolute Gasteiger partial charge is 0.496 e. The Balaban J connectivity index is 1.85. The van der Waals surface area contributed by atoms with E-state index in [0.717, 1.165) is 16.9 Å². The Kier molecular flexibility index (Phi) is 5.31. The maximum atomic E-state index is 13.0. The summed E-state index contributed by atoms with van der Waals surface area (Å²) in [6.45, 7) is 2.03. The number of carbonyl (C=O) groups excluding carboxylic acids is 1. The van der Waals surface area contributed by atoms with Crippen LogP contribution in [0, 0.1) is 6.92 Å². The fraction of sp³-hybridized carbons (Fsp3) is 0.318. The van der Waals surface area contributed by atoms with Crippen molar-refractivity contribution in [1.29, 1.82) is 0 Å². The van der Waals surface area contributed by atoms with Crippen LogP contribution in [0.15, 0.2) is 54.9 Å². The molecular formula is C22H24N4O3. The molecule has 3 aromatic rings. The van der Waals surface area contributed by atoms with E-state index in [4.69, 9.17) is 9.47 Å². The molecule has 1 aliphatic heterocycles. The number of aromatic nitrogens is 3. The second kappa shape index (κ2) is 8.05. The van der Waals surface area contributed by atoms with Crippen molar-refractivity contribution in [1.82, 2.24) is 14.8 Å². The van der Waals surface area contributed by atoms with Gasteiger partial charge in [-0.15, -0.1) is 0 Å². The van der Waals surface area contributed by atoms with E-state index in [2.05, 4.69) is 34.3 Å². The predicted molar refractivity (Wildman–Crippen MR) is 109 cm³/mol. The monoisotopic (exact) mass is 392 g/mol. The number of nitrogens with zero attached hydrogens (tertiary/aromatic N) is 4. The third kappa shape index (κ3) is 3.49. The van der Waals surface area contributed by atoms with Gasteiger partial charge in [-0.2, -0.15) is 10.1 Å². The standard InChI is InChI=1S/C22H24N4O3/c1-15-8-10-16(11-9-15)18-12-19(17-6-4-5-7-20(17)29-3)26-22(23-14-24-26)25(18)21(27)13-28-2/h4-11,14,18-19H,12-13H2,1-3H3/t18-,19+/m1/s1. The molecule has 4 rings (SSSR count). The highest BCUT2D eigenvalue weighted by Crippen LogP contribution is 2.43. The van der Waals surface area contributed by atoms with E-state index in [1.54, 1.807) is 16.7 Å². The van der Waals surface area contributed by atoms with Crippen LogP contribution in [0.4, 0.5) is 5.95 Å². The van der Waals surface area contributed by atoms with Crippen LogP contribution in [0.5, 0.6) is 5.75 Å². The zero-order chi connectivity index (χ0) is 20.4. The van der Waals surface area contributed by atoms with Crippen molar-refractivity contribution >= 4 is 11.9 Å². The molecule has 1 aromatic heterocycles. The minimum Gasteiger partial charge on any atom is -0.496 e. The Morgan fingerprint density at radius 1 is 1.10 bits per heavy atom. The SMILES string of the molecule is COCC(=O)N1c2ncnn2[C@H](c2ccccc2OC)C[C@@H]1c1ccc(C)cc1. The molecule has 7 heteroatoms. The molecule has 0 bridgehead atoms. The van der Waals surface area contributed by atoms with Gasteiger partial charge in [-0.05, 0) is 25.0 Å². The number of hydrogen-bond acceptors (Lipinski definition) is 5. The fourth-order valence-electron chi connectivity index (χ4n) is 3.94. The second-order valence-electron chi connectivity index (χ2n) is 7.12. The summed E-state index contributed by atoms with van der Waals surface area (Å²) >= 11 is 0. The van der Waals surface area contributed by atoms with E-state index < -0.39 is 0 Å². The van der Waals surface area contributed by atoms with Gasteiger partial charge < -0.3 is 9.47 Å². The van der Waals surface area contributed by atoms with Gasteiger partial charge in [0.2, 0.25) is 5.95 Å². The lowest BCUT2D eigenvalue weighted by Gasteiger charge is -2.39. The van der Waals surface area contributed by atoms with E-state index in [0.29, 0.717) is 12.4 Å². The van der Waals surface area contributed by atoms with Crippen LogP contribution >= 0.6 is 0 Å². The van der Waals surface area contributed by atoms with Gasteiger partial charge >= 0.3 is 0 Å². The second-order valence-corrected chi connectivity index (χ2v) is 7.12. The molecule has 0 unspecified atom stereocenters. The first-order valence-corrected chi connectivity index (χ1v) is 9.54.